The first kappa shape index (κ1) is 15.6. The fourth-order valence-corrected chi connectivity index (χ4v) is 3.41. The number of carbonyl (C=O) groups is 1. The van der Waals surface area contributed by atoms with Crippen LogP contribution >= 0.6 is 11.3 Å². The second-order valence-corrected chi connectivity index (χ2v) is 6.48. The van der Waals surface area contributed by atoms with E-state index in [2.05, 4.69) is 4.98 Å². The summed E-state index contributed by atoms with van der Waals surface area (Å²) in [6, 6.07) is 15.5. The standard InChI is InChI=1S/C18H18N2O2S/c1-20(11-17-19-15-5-3-4-6-16(15)23-17)18(21)14-9-7-13(8-10-14)12-22-2/h3-10H,11-12H2,1-2H3. The smallest absolute Gasteiger partial charge is 0.253 e. The molecule has 5 heteroatoms. The van der Waals surface area contributed by atoms with Gasteiger partial charge < -0.3 is 9.64 Å². The largest absolute Gasteiger partial charge is 0.380 e. The van der Waals surface area contributed by atoms with Crippen molar-refractivity contribution >= 4 is 27.5 Å². The van der Waals surface area contributed by atoms with Gasteiger partial charge >= 0.3 is 0 Å². The minimum absolute atomic E-state index is 0.00628. The van der Waals surface area contributed by atoms with Gasteiger partial charge in [0.15, 0.2) is 0 Å². The average Bonchev–Trinajstić information content (AvgIpc) is 2.97. The summed E-state index contributed by atoms with van der Waals surface area (Å²) in [6.07, 6.45) is 0. The Labute approximate surface area is 139 Å². The Hall–Kier alpha value is -2.24. The molecule has 1 aromatic heterocycles. The van der Waals surface area contributed by atoms with E-state index in [1.807, 2.05) is 48.5 Å². The van der Waals surface area contributed by atoms with E-state index in [-0.39, 0.29) is 5.91 Å². The van der Waals surface area contributed by atoms with E-state index < -0.39 is 0 Å². The normalized spacial score (nSPS) is 10.9. The molecular formula is C18H18N2O2S. The summed E-state index contributed by atoms with van der Waals surface area (Å²) < 4.78 is 6.23. The lowest BCUT2D eigenvalue weighted by molar-refractivity contribution is 0.0785. The summed E-state index contributed by atoms with van der Waals surface area (Å²) >= 11 is 1.63. The lowest BCUT2D eigenvalue weighted by atomic mass is 10.1. The van der Waals surface area contributed by atoms with Crippen molar-refractivity contribution in [2.45, 2.75) is 13.2 Å². The molecular weight excluding hydrogens is 308 g/mol. The number of ether oxygens (including phenoxy) is 1. The first-order valence-corrected chi connectivity index (χ1v) is 8.17. The third kappa shape index (κ3) is 3.57. The number of hydrogen-bond donors (Lipinski definition) is 0. The molecule has 23 heavy (non-hydrogen) atoms. The van der Waals surface area contributed by atoms with Crippen molar-refractivity contribution in [3.63, 3.8) is 0 Å². The van der Waals surface area contributed by atoms with Crippen molar-refractivity contribution in [3.8, 4) is 0 Å². The Morgan fingerprint density at radius 2 is 1.91 bits per heavy atom. The van der Waals surface area contributed by atoms with Crippen LogP contribution in [0, 0.1) is 0 Å². The molecule has 1 heterocycles. The second kappa shape index (κ2) is 6.89. The highest BCUT2D eigenvalue weighted by atomic mass is 32.1. The highest BCUT2D eigenvalue weighted by Crippen LogP contribution is 2.22. The lowest BCUT2D eigenvalue weighted by Gasteiger charge is -2.15. The monoisotopic (exact) mass is 326 g/mol. The highest BCUT2D eigenvalue weighted by molar-refractivity contribution is 7.18. The first-order valence-electron chi connectivity index (χ1n) is 7.35. The number of fused-ring (bicyclic) bond motifs is 1. The topological polar surface area (TPSA) is 42.4 Å². The Morgan fingerprint density at radius 3 is 2.61 bits per heavy atom. The quantitative estimate of drug-likeness (QED) is 0.718. The fourth-order valence-electron chi connectivity index (χ4n) is 2.39. The Kier molecular flexibility index (Phi) is 4.69. The molecule has 0 aliphatic carbocycles. The van der Waals surface area contributed by atoms with Gasteiger partial charge in [-0.25, -0.2) is 4.98 Å². The van der Waals surface area contributed by atoms with E-state index in [9.17, 15) is 4.79 Å². The molecule has 0 bridgehead atoms. The number of carbonyl (C=O) groups excluding carboxylic acids is 1. The average molecular weight is 326 g/mol. The van der Waals surface area contributed by atoms with Crippen LogP contribution in [0.2, 0.25) is 0 Å². The molecule has 2 aromatic carbocycles. The molecule has 0 fully saturated rings. The van der Waals surface area contributed by atoms with Gasteiger partial charge in [0.05, 0.1) is 23.4 Å². The fraction of sp³-hybridized carbons (Fsp3) is 0.222. The Bertz CT molecular complexity index is 778. The molecule has 0 N–H and O–H groups in total. The van der Waals surface area contributed by atoms with Crippen LogP contribution in [-0.4, -0.2) is 29.9 Å². The molecule has 3 aromatic rings. The highest BCUT2D eigenvalue weighted by Gasteiger charge is 2.14. The predicted octanol–water partition coefficient (Wildman–Crippen LogP) is 3.71. The molecule has 0 aliphatic rings. The van der Waals surface area contributed by atoms with Crippen molar-refractivity contribution in [2.75, 3.05) is 14.2 Å². The first-order chi connectivity index (χ1) is 11.2. The van der Waals surface area contributed by atoms with E-state index >= 15 is 0 Å². The number of thiazole rings is 1. The van der Waals surface area contributed by atoms with Gasteiger partial charge in [-0.2, -0.15) is 0 Å². The molecule has 0 saturated heterocycles. The van der Waals surface area contributed by atoms with E-state index in [0.717, 1.165) is 20.8 Å². The van der Waals surface area contributed by atoms with Crippen LogP contribution in [0.4, 0.5) is 0 Å². The molecule has 1 amide bonds. The van der Waals surface area contributed by atoms with Crippen LogP contribution in [0.3, 0.4) is 0 Å². The number of benzene rings is 2. The minimum Gasteiger partial charge on any atom is -0.380 e. The summed E-state index contributed by atoms with van der Waals surface area (Å²) in [5, 5.41) is 0.943. The summed E-state index contributed by atoms with van der Waals surface area (Å²) in [5.41, 5.74) is 2.71. The third-order valence-electron chi connectivity index (χ3n) is 3.57. The zero-order valence-electron chi connectivity index (χ0n) is 13.2. The molecule has 0 aliphatic heterocycles. The molecule has 0 unspecified atom stereocenters. The van der Waals surface area contributed by atoms with Crippen LogP contribution in [0.5, 0.6) is 0 Å². The molecule has 118 valence electrons. The van der Waals surface area contributed by atoms with Gasteiger partial charge in [-0.15, -0.1) is 11.3 Å². The van der Waals surface area contributed by atoms with Gasteiger partial charge in [-0.1, -0.05) is 24.3 Å². The van der Waals surface area contributed by atoms with Crippen molar-refractivity contribution in [1.82, 2.24) is 9.88 Å². The van der Waals surface area contributed by atoms with E-state index in [4.69, 9.17) is 4.74 Å². The van der Waals surface area contributed by atoms with E-state index in [1.54, 1.807) is 30.4 Å². The number of amides is 1. The van der Waals surface area contributed by atoms with Gasteiger partial charge in [-0.05, 0) is 29.8 Å². The molecule has 3 rings (SSSR count). The molecule has 0 atom stereocenters. The maximum absolute atomic E-state index is 12.5. The molecule has 0 radical (unpaired) electrons. The summed E-state index contributed by atoms with van der Waals surface area (Å²) in [5.74, 6) is -0.00628. The Morgan fingerprint density at radius 1 is 1.17 bits per heavy atom. The van der Waals surface area contributed by atoms with Crippen molar-refractivity contribution in [1.29, 1.82) is 0 Å². The SMILES string of the molecule is COCc1ccc(C(=O)N(C)Cc2nc3ccccc3s2)cc1. The summed E-state index contributed by atoms with van der Waals surface area (Å²) in [7, 11) is 3.46. The Balaban J connectivity index is 1.71. The van der Waals surface area contributed by atoms with E-state index in [0.29, 0.717) is 18.7 Å². The number of aromatic nitrogens is 1. The molecule has 0 spiro atoms. The van der Waals surface area contributed by atoms with Crippen LogP contribution in [-0.2, 0) is 17.9 Å². The maximum Gasteiger partial charge on any atom is 0.253 e. The van der Waals surface area contributed by atoms with Crippen molar-refractivity contribution in [3.05, 3.63) is 64.7 Å². The van der Waals surface area contributed by atoms with Crippen LogP contribution in [0.15, 0.2) is 48.5 Å². The molecule has 4 nitrogen and oxygen atoms in total. The minimum atomic E-state index is -0.00628. The lowest BCUT2D eigenvalue weighted by Crippen LogP contribution is -2.26. The van der Waals surface area contributed by atoms with Gasteiger partial charge in [0, 0.05) is 19.7 Å². The van der Waals surface area contributed by atoms with Crippen molar-refractivity contribution < 1.29 is 9.53 Å². The number of methoxy groups -OCH3 is 1. The summed E-state index contributed by atoms with van der Waals surface area (Å²) in [6.45, 7) is 1.06. The maximum atomic E-state index is 12.5. The zero-order chi connectivity index (χ0) is 16.2. The van der Waals surface area contributed by atoms with Gasteiger partial charge in [-0.3, -0.25) is 4.79 Å². The molecule has 0 saturated carbocycles. The predicted molar refractivity (Wildman–Crippen MR) is 92.6 cm³/mol. The van der Waals surface area contributed by atoms with Crippen molar-refractivity contribution in [2.24, 2.45) is 0 Å². The zero-order valence-corrected chi connectivity index (χ0v) is 14.0. The number of rotatable bonds is 5. The van der Waals surface area contributed by atoms with E-state index in [1.165, 1.54) is 0 Å². The van der Waals surface area contributed by atoms with Crippen LogP contribution in [0.25, 0.3) is 10.2 Å². The van der Waals surface area contributed by atoms with Gasteiger partial charge in [0.25, 0.3) is 5.91 Å². The van der Waals surface area contributed by atoms with Gasteiger partial charge in [0.1, 0.15) is 5.01 Å². The number of para-hydroxylation sites is 1. The summed E-state index contributed by atoms with van der Waals surface area (Å²) in [4.78, 5) is 18.8. The number of hydrogen-bond acceptors (Lipinski definition) is 4. The van der Waals surface area contributed by atoms with Crippen LogP contribution < -0.4 is 0 Å². The van der Waals surface area contributed by atoms with Gasteiger partial charge in [0.2, 0.25) is 0 Å². The number of nitrogens with zero attached hydrogens (tertiary/aromatic N) is 2. The second-order valence-electron chi connectivity index (χ2n) is 5.37. The third-order valence-corrected chi connectivity index (χ3v) is 4.59. The van der Waals surface area contributed by atoms with Crippen LogP contribution in [0.1, 0.15) is 20.9 Å².